The van der Waals surface area contributed by atoms with Gasteiger partial charge in [0.1, 0.15) is 0 Å². The summed E-state index contributed by atoms with van der Waals surface area (Å²) >= 11 is 0. The minimum absolute atomic E-state index is 0.286. The van der Waals surface area contributed by atoms with Crippen LogP contribution in [0.2, 0.25) is 0 Å². The lowest BCUT2D eigenvalue weighted by Gasteiger charge is -2.34. The second-order valence-corrected chi connectivity index (χ2v) is 6.73. The summed E-state index contributed by atoms with van der Waals surface area (Å²) in [5.41, 5.74) is 5.66. The van der Waals surface area contributed by atoms with E-state index in [-0.39, 0.29) is 5.92 Å². The largest absolute Gasteiger partial charge is 0.380 e. The molecule has 1 rings (SSSR count). The molecule has 0 amide bonds. The Morgan fingerprint density at radius 1 is 1.42 bits per heavy atom. The molecule has 6 nitrogen and oxygen atoms in total. The number of nitrogens with two attached hydrogens (primary N) is 1. The molecule has 1 heterocycles. The molecule has 1 fully saturated rings. The molecule has 0 aromatic heterocycles. The summed E-state index contributed by atoms with van der Waals surface area (Å²) in [6, 6.07) is 0. The van der Waals surface area contributed by atoms with Crippen molar-refractivity contribution in [3.63, 3.8) is 0 Å². The molecular formula is C12H27N3O3S. The SMILES string of the molecule is CCOCCN(CC)S(=O)(=O)N1CCCC(CN)C1. The summed E-state index contributed by atoms with van der Waals surface area (Å²) in [7, 11) is -3.37. The maximum absolute atomic E-state index is 12.5. The van der Waals surface area contributed by atoms with Crippen molar-refractivity contribution in [3.8, 4) is 0 Å². The van der Waals surface area contributed by atoms with E-state index in [4.69, 9.17) is 10.5 Å². The summed E-state index contributed by atoms with van der Waals surface area (Å²) < 4.78 is 33.4. The summed E-state index contributed by atoms with van der Waals surface area (Å²) in [6.07, 6.45) is 1.91. The molecule has 1 aliphatic rings. The summed E-state index contributed by atoms with van der Waals surface area (Å²) in [4.78, 5) is 0. The standard InChI is InChI=1S/C12H27N3O3S/c1-3-14(8-9-18-4-2)19(16,17)15-7-5-6-12(10-13)11-15/h12H,3-11,13H2,1-2H3. The third-order valence-corrected chi connectivity index (χ3v) is 5.59. The summed E-state index contributed by atoms with van der Waals surface area (Å²) in [5.74, 6) is 0.286. The number of ether oxygens (including phenoxy) is 1. The Morgan fingerprint density at radius 2 is 2.16 bits per heavy atom. The fraction of sp³-hybridized carbons (Fsp3) is 1.00. The third kappa shape index (κ3) is 4.68. The lowest BCUT2D eigenvalue weighted by molar-refractivity contribution is 0.132. The lowest BCUT2D eigenvalue weighted by Crippen LogP contribution is -2.49. The molecule has 114 valence electrons. The molecule has 1 unspecified atom stereocenters. The zero-order valence-electron chi connectivity index (χ0n) is 12.0. The van der Waals surface area contributed by atoms with Crippen LogP contribution in [0, 0.1) is 5.92 Å². The highest BCUT2D eigenvalue weighted by atomic mass is 32.2. The second kappa shape index (κ2) is 8.16. The van der Waals surface area contributed by atoms with E-state index < -0.39 is 10.2 Å². The molecule has 2 N–H and O–H groups in total. The fourth-order valence-corrected chi connectivity index (χ4v) is 4.06. The molecule has 1 atom stereocenters. The van der Waals surface area contributed by atoms with Crippen LogP contribution in [0.4, 0.5) is 0 Å². The van der Waals surface area contributed by atoms with E-state index in [0.29, 0.717) is 45.9 Å². The molecule has 0 spiro atoms. The molecule has 7 heteroatoms. The Hall–Kier alpha value is -0.210. The van der Waals surface area contributed by atoms with Gasteiger partial charge in [-0.3, -0.25) is 0 Å². The maximum atomic E-state index is 12.5. The minimum atomic E-state index is -3.37. The van der Waals surface area contributed by atoms with Gasteiger partial charge in [0.05, 0.1) is 6.61 Å². The fourth-order valence-electron chi connectivity index (χ4n) is 2.34. The molecule has 0 aliphatic carbocycles. The van der Waals surface area contributed by atoms with Crippen molar-refractivity contribution >= 4 is 10.2 Å². The van der Waals surface area contributed by atoms with Crippen molar-refractivity contribution in [2.75, 3.05) is 45.9 Å². The number of likely N-dealkylation sites (N-methyl/N-ethyl adjacent to an activating group) is 1. The van der Waals surface area contributed by atoms with E-state index in [1.807, 2.05) is 13.8 Å². The van der Waals surface area contributed by atoms with E-state index in [9.17, 15) is 8.42 Å². The Balaban J connectivity index is 2.65. The molecule has 0 aromatic rings. The van der Waals surface area contributed by atoms with Crippen molar-refractivity contribution in [3.05, 3.63) is 0 Å². The maximum Gasteiger partial charge on any atom is 0.282 e. The van der Waals surface area contributed by atoms with E-state index in [0.717, 1.165) is 12.8 Å². The topological polar surface area (TPSA) is 75.9 Å². The highest BCUT2D eigenvalue weighted by Crippen LogP contribution is 2.20. The van der Waals surface area contributed by atoms with Gasteiger partial charge in [-0.25, -0.2) is 0 Å². The Bertz CT molecular complexity index is 348. The van der Waals surface area contributed by atoms with Gasteiger partial charge in [-0.2, -0.15) is 17.0 Å². The minimum Gasteiger partial charge on any atom is -0.380 e. The van der Waals surface area contributed by atoms with Crippen molar-refractivity contribution in [2.24, 2.45) is 11.7 Å². The van der Waals surface area contributed by atoms with Crippen molar-refractivity contribution < 1.29 is 13.2 Å². The number of nitrogens with zero attached hydrogens (tertiary/aromatic N) is 2. The monoisotopic (exact) mass is 293 g/mol. The quantitative estimate of drug-likeness (QED) is 0.651. The predicted octanol–water partition coefficient (Wildman–Crippen LogP) is 0.260. The molecule has 19 heavy (non-hydrogen) atoms. The lowest BCUT2D eigenvalue weighted by atomic mass is 10.0. The molecular weight excluding hydrogens is 266 g/mol. The number of rotatable bonds is 8. The Labute approximate surface area is 117 Å². The van der Waals surface area contributed by atoms with Crippen LogP contribution >= 0.6 is 0 Å². The van der Waals surface area contributed by atoms with Gasteiger partial charge in [0.25, 0.3) is 10.2 Å². The predicted molar refractivity (Wildman–Crippen MR) is 76.0 cm³/mol. The van der Waals surface area contributed by atoms with Gasteiger partial charge < -0.3 is 10.5 Å². The normalized spacial score (nSPS) is 22.0. The number of hydrogen-bond donors (Lipinski definition) is 1. The number of hydrogen-bond acceptors (Lipinski definition) is 4. The van der Waals surface area contributed by atoms with Gasteiger partial charge in [-0.1, -0.05) is 6.92 Å². The molecule has 0 aromatic carbocycles. The zero-order valence-corrected chi connectivity index (χ0v) is 12.9. The summed E-state index contributed by atoms with van der Waals surface area (Å²) in [6.45, 7) is 7.39. The number of piperidine rings is 1. The highest BCUT2D eigenvalue weighted by molar-refractivity contribution is 7.86. The Kier molecular flexibility index (Phi) is 7.23. The van der Waals surface area contributed by atoms with Crippen LogP contribution in [0.5, 0.6) is 0 Å². The molecule has 1 saturated heterocycles. The van der Waals surface area contributed by atoms with Crippen LogP contribution in [0.3, 0.4) is 0 Å². The third-order valence-electron chi connectivity index (χ3n) is 3.51. The first-order chi connectivity index (χ1) is 9.06. The van der Waals surface area contributed by atoms with Gasteiger partial charge in [-0.05, 0) is 32.2 Å². The smallest absolute Gasteiger partial charge is 0.282 e. The van der Waals surface area contributed by atoms with E-state index in [2.05, 4.69) is 0 Å². The van der Waals surface area contributed by atoms with Crippen molar-refractivity contribution in [1.29, 1.82) is 0 Å². The first-order valence-corrected chi connectivity index (χ1v) is 8.48. The van der Waals surface area contributed by atoms with Crippen molar-refractivity contribution in [1.82, 2.24) is 8.61 Å². The zero-order chi connectivity index (χ0) is 14.3. The van der Waals surface area contributed by atoms with Crippen LogP contribution in [0.15, 0.2) is 0 Å². The molecule has 0 radical (unpaired) electrons. The Morgan fingerprint density at radius 3 is 2.74 bits per heavy atom. The van der Waals surface area contributed by atoms with Crippen LogP contribution in [-0.4, -0.2) is 63.0 Å². The van der Waals surface area contributed by atoms with Crippen LogP contribution < -0.4 is 5.73 Å². The highest BCUT2D eigenvalue weighted by Gasteiger charge is 2.32. The molecule has 0 bridgehead atoms. The van der Waals surface area contributed by atoms with E-state index >= 15 is 0 Å². The second-order valence-electron chi connectivity index (χ2n) is 4.80. The van der Waals surface area contributed by atoms with Gasteiger partial charge in [0, 0.05) is 32.8 Å². The first-order valence-electron chi connectivity index (χ1n) is 7.09. The average Bonchev–Trinajstić information content (AvgIpc) is 2.43. The first kappa shape index (κ1) is 16.8. The molecule has 0 saturated carbocycles. The van der Waals surface area contributed by atoms with Crippen LogP contribution in [-0.2, 0) is 14.9 Å². The summed E-state index contributed by atoms with van der Waals surface area (Å²) in [5, 5.41) is 0. The van der Waals surface area contributed by atoms with E-state index in [1.165, 1.54) is 4.31 Å². The molecule has 1 aliphatic heterocycles. The average molecular weight is 293 g/mol. The van der Waals surface area contributed by atoms with Gasteiger partial charge >= 0.3 is 0 Å². The van der Waals surface area contributed by atoms with Crippen LogP contribution in [0.1, 0.15) is 26.7 Å². The van der Waals surface area contributed by atoms with Gasteiger partial charge in [0.15, 0.2) is 0 Å². The van der Waals surface area contributed by atoms with Crippen molar-refractivity contribution in [2.45, 2.75) is 26.7 Å². The van der Waals surface area contributed by atoms with Crippen LogP contribution in [0.25, 0.3) is 0 Å². The van der Waals surface area contributed by atoms with E-state index in [1.54, 1.807) is 4.31 Å². The van der Waals surface area contributed by atoms with Gasteiger partial charge in [-0.15, -0.1) is 0 Å². The van der Waals surface area contributed by atoms with Gasteiger partial charge in [0.2, 0.25) is 0 Å².